The number of thiazole rings is 1. The van der Waals surface area contributed by atoms with Gasteiger partial charge in [0, 0.05) is 18.4 Å². The van der Waals surface area contributed by atoms with Crippen molar-refractivity contribution in [3.05, 3.63) is 76.3 Å². The van der Waals surface area contributed by atoms with Crippen LogP contribution in [0.25, 0.3) is 0 Å². The normalized spacial score (nSPS) is 15.5. The summed E-state index contributed by atoms with van der Waals surface area (Å²) in [5, 5.41) is 5.69. The van der Waals surface area contributed by atoms with E-state index < -0.39 is 23.8 Å². The summed E-state index contributed by atoms with van der Waals surface area (Å²) in [5.74, 6) is -1.72. The van der Waals surface area contributed by atoms with Gasteiger partial charge in [-0.2, -0.15) is 0 Å². The van der Waals surface area contributed by atoms with E-state index >= 15 is 0 Å². The molecule has 1 aliphatic rings. The SMILES string of the molecule is COC(=O)[C@@H](NC(=O)[C@H]1CC(=O)c2sc(NC(=O)c3ccc(OC)cc3)nc2C1)c1ccccc1. The molecule has 0 spiro atoms. The van der Waals surface area contributed by atoms with Crippen molar-refractivity contribution in [1.82, 2.24) is 10.3 Å². The Morgan fingerprint density at radius 1 is 1.03 bits per heavy atom. The maximum atomic E-state index is 13.0. The van der Waals surface area contributed by atoms with E-state index in [9.17, 15) is 19.2 Å². The number of ketones is 1. The van der Waals surface area contributed by atoms with Gasteiger partial charge in [0.2, 0.25) is 5.91 Å². The van der Waals surface area contributed by atoms with Crippen LogP contribution in [0, 0.1) is 5.92 Å². The van der Waals surface area contributed by atoms with E-state index in [-0.39, 0.29) is 29.7 Å². The number of hydrogen-bond donors (Lipinski definition) is 2. The number of amides is 2. The second kappa shape index (κ2) is 10.5. The van der Waals surface area contributed by atoms with Crippen LogP contribution in [-0.2, 0) is 20.7 Å². The number of carbonyl (C=O) groups is 4. The van der Waals surface area contributed by atoms with E-state index in [1.807, 2.05) is 0 Å². The van der Waals surface area contributed by atoms with Gasteiger partial charge in [0.1, 0.15) is 5.75 Å². The monoisotopic (exact) mass is 493 g/mol. The molecule has 2 N–H and O–H groups in total. The van der Waals surface area contributed by atoms with Crippen LogP contribution in [0.4, 0.5) is 5.13 Å². The molecule has 35 heavy (non-hydrogen) atoms. The predicted molar refractivity (Wildman–Crippen MR) is 129 cm³/mol. The van der Waals surface area contributed by atoms with Crippen molar-refractivity contribution in [2.45, 2.75) is 18.9 Å². The molecule has 2 aromatic carbocycles. The van der Waals surface area contributed by atoms with Gasteiger partial charge in [-0.3, -0.25) is 19.7 Å². The molecule has 1 aromatic heterocycles. The van der Waals surface area contributed by atoms with E-state index in [1.54, 1.807) is 54.6 Å². The molecule has 0 unspecified atom stereocenters. The largest absolute Gasteiger partial charge is 0.497 e. The molecule has 2 atom stereocenters. The first-order valence-electron chi connectivity index (χ1n) is 10.8. The maximum absolute atomic E-state index is 13.0. The molecule has 3 aromatic rings. The van der Waals surface area contributed by atoms with Gasteiger partial charge >= 0.3 is 5.97 Å². The van der Waals surface area contributed by atoms with E-state index in [0.717, 1.165) is 11.3 Å². The summed E-state index contributed by atoms with van der Waals surface area (Å²) in [4.78, 5) is 55.4. The van der Waals surface area contributed by atoms with E-state index in [0.29, 0.717) is 27.4 Å². The summed E-state index contributed by atoms with van der Waals surface area (Å²) in [5.41, 5.74) is 1.44. The number of esters is 1. The lowest BCUT2D eigenvalue weighted by Gasteiger charge is -2.23. The minimum absolute atomic E-state index is 0.0183. The van der Waals surface area contributed by atoms with Crippen molar-refractivity contribution in [3.63, 3.8) is 0 Å². The van der Waals surface area contributed by atoms with E-state index in [1.165, 1.54) is 14.2 Å². The number of hydrogen-bond acceptors (Lipinski definition) is 8. The summed E-state index contributed by atoms with van der Waals surface area (Å²) in [6.07, 6.45) is 0.195. The zero-order valence-electron chi connectivity index (χ0n) is 19.1. The Hall–Kier alpha value is -4.05. The number of nitrogens with one attached hydrogen (secondary N) is 2. The fourth-order valence-electron chi connectivity index (χ4n) is 3.78. The highest BCUT2D eigenvalue weighted by Gasteiger charge is 2.35. The van der Waals surface area contributed by atoms with Crippen LogP contribution in [0.5, 0.6) is 5.75 Å². The molecule has 0 saturated carbocycles. The van der Waals surface area contributed by atoms with Crippen LogP contribution in [-0.4, -0.2) is 42.8 Å². The third kappa shape index (κ3) is 5.38. The zero-order chi connectivity index (χ0) is 24.9. The van der Waals surface area contributed by atoms with Crippen LogP contribution in [0.3, 0.4) is 0 Å². The first-order valence-corrected chi connectivity index (χ1v) is 11.6. The van der Waals surface area contributed by atoms with Crippen LogP contribution in [0.1, 0.15) is 43.7 Å². The Bertz CT molecular complexity index is 1260. The number of methoxy groups -OCH3 is 2. The summed E-state index contributed by atoms with van der Waals surface area (Å²) in [7, 11) is 2.79. The molecule has 2 amide bonds. The lowest BCUT2D eigenvalue weighted by Crippen LogP contribution is -2.40. The third-order valence-corrected chi connectivity index (χ3v) is 6.68. The van der Waals surface area contributed by atoms with Crippen molar-refractivity contribution in [2.24, 2.45) is 5.92 Å². The number of rotatable bonds is 7. The molecule has 0 saturated heterocycles. The molecule has 0 fully saturated rings. The molecular formula is C25H23N3O6S. The molecule has 9 nitrogen and oxygen atoms in total. The Kier molecular flexibility index (Phi) is 7.21. The number of nitrogens with zero attached hydrogens (tertiary/aromatic N) is 1. The van der Waals surface area contributed by atoms with Gasteiger partial charge in [-0.05, 0) is 29.8 Å². The smallest absolute Gasteiger partial charge is 0.333 e. The van der Waals surface area contributed by atoms with Crippen molar-refractivity contribution in [2.75, 3.05) is 19.5 Å². The summed E-state index contributed by atoms with van der Waals surface area (Å²) >= 11 is 1.08. The Morgan fingerprint density at radius 3 is 2.40 bits per heavy atom. The average molecular weight is 494 g/mol. The third-order valence-electron chi connectivity index (χ3n) is 5.62. The lowest BCUT2D eigenvalue weighted by molar-refractivity contribution is -0.145. The van der Waals surface area contributed by atoms with Crippen molar-refractivity contribution in [1.29, 1.82) is 0 Å². The molecule has 180 valence electrons. The first-order chi connectivity index (χ1) is 16.9. The molecule has 1 aliphatic carbocycles. The second-order valence-electron chi connectivity index (χ2n) is 7.88. The average Bonchev–Trinajstić information content (AvgIpc) is 3.30. The number of ether oxygens (including phenoxy) is 2. The Morgan fingerprint density at radius 2 is 1.74 bits per heavy atom. The maximum Gasteiger partial charge on any atom is 0.333 e. The number of fused-ring (bicyclic) bond motifs is 1. The minimum Gasteiger partial charge on any atom is -0.497 e. The van der Waals surface area contributed by atoms with Crippen molar-refractivity contribution in [3.8, 4) is 5.75 Å². The van der Waals surface area contributed by atoms with Crippen LogP contribution in [0.15, 0.2) is 54.6 Å². The highest BCUT2D eigenvalue weighted by molar-refractivity contribution is 7.17. The quantitative estimate of drug-likeness (QED) is 0.485. The minimum atomic E-state index is -0.986. The standard InChI is InChI=1S/C25H23N3O6S/c1-33-17-10-8-15(9-11-17)22(30)28-25-26-18-12-16(13-19(29)21(18)35-25)23(31)27-20(24(32)34-2)14-6-4-3-5-7-14/h3-11,16,20H,12-13H2,1-2H3,(H,27,31)(H,26,28,30)/t16-,20+/m1/s1. The predicted octanol–water partition coefficient (Wildman–Crippen LogP) is 3.18. The van der Waals surface area contributed by atoms with Crippen molar-refractivity contribution >= 4 is 40.0 Å². The molecular weight excluding hydrogens is 470 g/mol. The topological polar surface area (TPSA) is 124 Å². The number of Topliss-reactive ketones (excluding diaryl/α,β-unsaturated/α-hetero) is 1. The van der Waals surface area contributed by atoms with Gasteiger partial charge in [0.25, 0.3) is 5.91 Å². The van der Waals surface area contributed by atoms with Gasteiger partial charge in [0.15, 0.2) is 17.0 Å². The fourth-order valence-corrected chi connectivity index (χ4v) is 4.72. The number of carbonyl (C=O) groups excluding carboxylic acids is 4. The van der Waals surface area contributed by atoms with Crippen LogP contribution in [0.2, 0.25) is 0 Å². The molecule has 0 radical (unpaired) electrons. The Labute approximate surface area is 205 Å². The molecule has 0 aliphatic heterocycles. The van der Waals surface area contributed by atoms with Gasteiger partial charge in [-0.25, -0.2) is 9.78 Å². The number of anilines is 1. The van der Waals surface area contributed by atoms with E-state index in [4.69, 9.17) is 9.47 Å². The van der Waals surface area contributed by atoms with Gasteiger partial charge in [-0.1, -0.05) is 41.7 Å². The van der Waals surface area contributed by atoms with Gasteiger partial charge < -0.3 is 14.8 Å². The summed E-state index contributed by atoms with van der Waals surface area (Å²) in [6.45, 7) is 0. The molecule has 4 rings (SSSR count). The highest BCUT2D eigenvalue weighted by Crippen LogP contribution is 2.33. The van der Waals surface area contributed by atoms with Gasteiger partial charge in [-0.15, -0.1) is 0 Å². The zero-order valence-corrected chi connectivity index (χ0v) is 19.9. The molecule has 10 heteroatoms. The summed E-state index contributed by atoms with van der Waals surface area (Å²) in [6, 6.07) is 14.3. The van der Waals surface area contributed by atoms with Crippen LogP contribution >= 0.6 is 11.3 Å². The number of aromatic nitrogens is 1. The number of benzene rings is 2. The Balaban J connectivity index is 1.46. The summed E-state index contributed by atoms with van der Waals surface area (Å²) < 4.78 is 9.94. The highest BCUT2D eigenvalue weighted by atomic mass is 32.1. The fraction of sp³-hybridized carbons (Fsp3) is 0.240. The molecule has 0 bridgehead atoms. The lowest BCUT2D eigenvalue weighted by atomic mass is 9.89. The molecule has 1 heterocycles. The van der Waals surface area contributed by atoms with Gasteiger partial charge in [0.05, 0.1) is 30.7 Å². The second-order valence-corrected chi connectivity index (χ2v) is 8.88. The van der Waals surface area contributed by atoms with Crippen LogP contribution < -0.4 is 15.4 Å². The van der Waals surface area contributed by atoms with E-state index in [2.05, 4.69) is 15.6 Å². The first kappa shape index (κ1) is 24.1. The van der Waals surface area contributed by atoms with Crippen molar-refractivity contribution < 1.29 is 28.7 Å².